The predicted molar refractivity (Wildman–Crippen MR) is 68.9 cm³/mol. The molecule has 2 heterocycles. The Morgan fingerprint density at radius 3 is 2.94 bits per heavy atom. The van der Waals surface area contributed by atoms with Gasteiger partial charge in [-0.15, -0.1) is 0 Å². The number of nitrogens with zero attached hydrogens (tertiary/aromatic N) is 1. The quantitative estimate of drug-likeness (QED) is 0.864. The fourth-order valence-corrected chi connectivity index (χ4v) is 2.74. The SMILES string of the molecule is CC1(c2nc3cc(Cl)cc(Cl)c3o2)CCNC1. The van der Waals surface area contributed by atoms with E-state index in [1.165, 1.54) is 0 Å². The summed E-state index contributed by atoms with van der Waals surface area (Å²) in [5, 5.41) is 4.42. The van der Waals surface area contributed by atoms with E-state index in [4.69, 9.17) is 27.6 Å². The lowest BCUT2D eigenvalue weighted by Gasteiger charge is -2.17. The Balaban J connectivity index is 2.16. The van der Waals surface area contributed by atoms with Gasteiger partial charge in [-0.2, -0.15) is 0 Å². The Morgan fingerprint density at radius 2 is 2.24 bits per heavy atom. The van der Waals surface area contributed by atoms with E-state index in [0.717, 1.165) is 30.9 Å². The molecule has 0 amide bonds. The van der Waals surface area contributed by atoms with Crippen LogP contribution in [-0.2, 0) is 5.41 Å². The summed E-state index contributed by atoms with van der Waals surface area (Å²) in [5.74, 6) is 0.738. The maximum atomic E-state index is 6.09. The van der Waals surface area contributed by atoms with Crippen LogP contribution in [0.25, 0.3) is 11.1 Å². The molecule has 1 aromatic heterocycles. The Bertz CT molecular complexity index is 573. The van der Waals surface area contributed by atoms with Crippen molar-refractivity contribution in [3.63, 3.8) is 0 Å². The number of benzene rings is 1. The van der Waals surface area contributed by atoms with Crippen molar-refractivity contribution < 1.29 is 4.42 Å². The smallest absolute Gasteiger partial charge is 0.202 e. The van der Waals surface area contributed by atoms with Crippen LogP contribution in [0.5, 0.6) is 0 Å². The molecule has 1 aliphatic rings. The van der Waals surface area contributed by atoms with Crippen molar-refractivity contribution in [3.8, 4) is 0 Å². The van der Waals surface area contributed by atoms with Crippen LogP contribution < -0.4 is 5.32 Å². The third-order valence-electron chi connectivity index (χ3n) is 3.29. The minimum Gasteiger partial charge on any atom is -0.438 e. The average Bonchev–Trinajstić information content (AvgIpc) is 2.84. The summed E-state index contributed by atoms with van der Waals surface area (Å²) in [6, 6.07) is 3.46. The fraction of sp³-hybridized carbons (Fsp3) is 0.417. The second-order valence-corrected chi connectivity index (χ2v) is 5.59. The first-order valence-electron chi connectivity index (χ1n) is 5.55. The Morgan fingerprint density at radius 1 is 1.41 bits per heavy atom. The highest BCUT2D eigenvalue weighted by Crippen LogP contribution is 2.35. The van der Waals surface area contributed by atoms with Crippen molar-refractivity contribution in [3.05, 3.63) is 28.1 Å². The zero-order valence-electron chi connectivity index (χ0n) is 9.39. The number of rotatable bonds is 1. The van der Waals surface area contributed by atoms with E-state index in [2.05, 4.69) is 17.2 Å². The van der Waals surface area contributed by atoms with Gasteiger partial charge in [0.1, 0.15) is 5.52 Å². The van der Waals surface area contributed by atoms with Gasteiger partial charge < -0.3 is 9.73 Å². The van der Waals surface area contributed by atoms with E-state index < -0.39 is 0 Å². The Hall–Kier alpha value is -0.770. The summed E-state index contributed by atoms with van der Waals surface area (Å²) in [6.07, 6.45) is 1.02. The first kappa shape index (κ1) is 11.3. The summed E-state index contributed by atoms with van der Waals surface area (Å²) in [5.41, 5.74) is 1.30. The summed E-state index contributed by atoms with van der Waals surface area (Å²) < 4.78 is 5.80. The molecule has 1 N–H and O–H groups in total. The van der Waals surface area contributed by atoms with E-state index >= 15 is 0 Å². The molecule has 5 heteroatoms. The number of fused-ring (bicyclic) bond motifs is 1. The van der Waals surface area contributed by atoms with Gasteiger partial charge in [0.15, 0.2) is 5.58 Å². The van der Waals surface area contributed by atoms with Crippen molar-refractivity contribution in [2.45, 2.75) is 18.8 Å². The molecule has 1 aromatic carbocycles. The molecule has 3 rings (SSSR count). The molecule has 17 heavy (non-hydrogen) atoms. The molecule has 0 spiro atoms. The molecule has 2 aromatic rings. The van der Waals surface area contributed by atoms with Gasteiger partial charge in [-0.1, -0.05) is 23.2 Å². The molecule has 90 valence electrons. The van der Waals surface area contributed by atoms with Gasteiger partial charge in [-0.05, 0) is 32.0 Å². The lowest BCUT2D eigenvalue weighted by molar-refractivity contribution is 0.382. The second-order valence-electron chi connectivity index (χ2n) is 4.74. The minimum absolute atomic E-state index is 0.0468. The molecular weight excluding hydrogens is 259 g/mol. The Labute approximate surface area is 109 Å². The van der Waals surface area contributed by atoms with Crippen LogP contribution >= 0.6 is 23.2 Å². The topological polar surface area (TPSA) is 38.1 Å². The van der Waals surface area contributed by atoms with Gasteiger partial charge in [0.05, 0.1) is 10.4 Å². The van der Waals surface area contributed by atoms with E-state index in [1.54, 1.807) is 12.1 Å². The summed E-state index contributed by atoms with van der Waals surface area (Å²) >= 11 is 12.0. The van der Waals surface area contributed by atoms with Gasteiger partial charge in [0, 0.05) is 11.6 Å². The third kappa shape index (κ3) is 1.82. The molecule has 0 bridgehead atoms. The highest BCUT2D eigenvalue weighted by molar-refractivity contribution is 6.37. The first-order chi connectivity index (χ1) is 8.08. The van der Waals surface area contributed by atoms with E-state index in [0.29, 0.717) is 15.6 Å². The molecule has 1 atom stereocenters. The highest BCUT2D eigenvalue weighted by Gasteiger charge is 2.35. The summed E-state index contributed by atoms with van der Waals surface area (Å²) in [7, 11) is 0. The molecular formula is C12H12Cl2N2O. The van der Waals surface area contributed by atoms with Gasteiger partial charge in [0.2, 0.25) is 5.89 Å². The molecule has 3 nitrogen and oxygen atoms in total. The molecule has 0 aliphatic carbocycles. The monoisotopic (exact) mass is 270 g/mol. The van der Waals surface area contributed by atoms with Crippen LogP contribution in [0.2, 0.25) is 10.0 Å². The molecule has 0 saturated carbocycles. The van der Waals surface area contributed by atoms with Crippen molar-refractivity contribution >= 4 is 34.3 Å². The van der Waals surface area contributed by atoms with Crippen molar-refractivity contribution in [2.75, 3.05) is 13.1 Å². The number of halogens is 2. The van der Waals surface area contributed by atoms with Crippen molar-refractivity contribution in [1.82, 2.24) is 10.3 Å². The zero-order chi connectivity index (χ0) is 12.0. The Kier molecular flexibility index (Phi) is 2.58. The normalized spacial score (nSPS) is 24.6. The third-order valence-corrected chi connectivity index (χ3v) is 3.79. The van der Waals surface area contributed by atoms with Crippen LogP contribution in [0.4, 0.5) is 0 Å². The lowest BCUT2D eigenvalue weighted by Crippen LogP contribution is -2.25. The van der Waals surface area contributed by atoms with Crippen molar-refractivity contribution in [2.24, 2.45) is 0 Å². The molecule has 1 unspecified atom stereocenters. The average molecular weight is 271 g/mol. The number of oxazole rings is 1. The highest BCUT2D eigenvalue weighted by atomic mass is 35.5. The van der Waals surface area contributed by atoms with Crippen LogP contribution in [-0.4, -0.2) is 18.1 Å². The number of hydrogen-bond donors (Lipinski definition) is 1. The summed E-state index contributed by atoms with van der Waals surface area (Å²) in [6.45, 7) is 4.02. The molecule has 0 radical (unpaired) electrons. The molecule has 1 fully saturated rings. The van der Waals surface area contributed by atoms with Gasteiger partial charge >= 0.3 is 0 Å². The van der Waals surface area contributed by atoms with Crippen LogP contribution in [0.15, 0.2) is 16.5 Å². The van der Waals surface area contributed by atoms with Crippen molar-refractivity contribution in [1.29, 1.82) is 0 Å². The largest absolute Gasteiger partial charge is 0.438 e. The van der Waals surface area contributed by atoms with Crippen LogP contribution in [0.3, 0.4) is 0 Å². The fourth-order valence-electron chi connectivity index (χ4n) is 2.22. The van der Waals surface area contributed by atoms with Gasteiger partial charge in [-0.3, -0.25) is 0 Å². The summed E-state index contributed by atoms with van der Waals surface area (Å²) in [4.78, 5) is 4.51. The molecule has 1 saturated heterocycles. The standard InChI is InChI=1S/C12H12Cl2N2O/c1-12(2-3-15-6-12)11-16-9-5-7(13)4-8(14)10(9)17-11/h4-5,15H,2-3,6H2,1H3. The number of hydrogen-bond acceptors (Lipinski definition) is 3. The van der Waals surface area contributed by atoms with E-state index in [1.807, 2.05) is 0 Å². The van der Waals surface area contributed by atoms with Crippen LogP contribution in [0.1, 0.15) is 19.2 Å². The zero-order valence-corrected chi connectivity index (χ0v) is 10.9. The maximum absolute atomic E-state index is 6.09. The lowest BCUT2D eigenvalue weighted by atomic mass is 9.90. The predicted octanol–water partition coefficient (Wildman–Crippen LogP) is 3.39. The molecule has 1 aliphatic heterocycles. The number of nitrogens with one attached hydrogen (secondary N) is 1. The van der Waals surface area contributed by atoms with Crippen LogP contribution in [0, 0.1) is 0 Å². The van der Waals surface area contributed by atoms with Gasteiger partial charge in [-0.25, -0.2) is 4.98 Å². The first-order valence-corrected chi connectivity index (χ1v) is 6.31. The number of aromatic nitrogens is 1. The second kappa shape index (κ2) is 3.87. The van der Waals surface area contributed by atoms with Gasteiger partial charge in [0.25, 0.3) is 0 Å². The van der Waals surface area contributed by atoms with E-state index in [-0.39, 0.29) is 5.41 Å². The van der Waals surface area contributed by atoms with E-state index in [9.17, 15) is 0 Å². The minimum atomic E-state index is -0.0468. The maximum Gasteiger partial charge on any atom is 0.202 e.